The zero-order valence-corrected chi connectivity index (χ0v) is 16.9. The zero-order valence-electron chi connectivity index (χ0n) is 15.3. The predicted octanol–water partition coefficient (Wildman–Crippen LogP) is 5.89. The minimum Gasteiger partial charge on any atom is -0.321 e. The summed E-state index contributed by atoms with van der Waals surface area (Å²) in [6, 6.07) is 19.4. The molecule has 0 bridgehead atoms. The fourth-order valence-electron chi connectivity index (χ4n) is 3.57. The lowest BCUT2D eigenvalue weighted by Gasteiger charge is -2.07. The van der Waals surface area contributed by atoms with E-state index in [2.05, 4.69) is 22.8 Å². The Kier molecular flexibility index (Phi) is 4.50. The van der Waals surface area contributed by atoms with E-state index in [0.717, 1.165) is 17.8 Å². The fourth-order valence-corrected chi connectivity index (χ4v) is 4.80. The minimum atomic E-state index is -0.0889. The van der Waals surface area contributed by atoms with Gasteiger partial charge in [0, 0.05) is 11.4 Å². The van der Waals surface area contributed by atoms with Crippen molar-refractivity contribution in [3.63, 3.8) is 0 Å². The largest absolute Gasteiger partial charge is 0.321 e. The molecule has 2 heterocycles. The number of hydrogen-bond donors (Lipinski definition) is 2. The number of hydrogen-bond acceptors (Lipinski definition) is 4. The summed E-state index contributed by atoms with van der Waals surface area (Å²) in [5.41, 5.74) is 6.27. The third-order valence-corrected chi connectivity index (χ3v) is 6.62. The summed E-state index contributed by atoms with van der Waals surface area (Å²) >= 11 is 2.85. The first-order valence-corrected chi connectivity index (χ1v) is 10.9. The SMILES string of the molecule is O=C(Nc1ccc2c(c1)Cc1cc(NC(=O)c3cccs3)ccc1-2)c1cccs1. The van der Waals surface area contributed by atoms with Gasteiger partial charge in [-0.05, 0) is 75.8 Å². The maximum atomic E-state index is 12.3. The highest BCUT2D eigenvalue weighted by Crippen LogP contribution is 2.39. The second-order valence-electron chi connectivity index (χ2n) is 6.78. The maximum absolute atomic E-state index is 12.3. The third kappa shape index (κ3) is 3.48. The van der Waals surface area contributed by atoms with Crippen molar-refractivity contribution in [3.8, 4) is 11.1 Å². The molecular weight excluding hydrogens is 400 g/mol. The van der Waals surface area contributed by atoms with Gasteiger partial charge in [-0.25, -0.2) is 0 Å². The van der Waals surface area contributed by atoms with Gasteiger partial charge in [0.2, 0.25) is 0 Å². The Balaban J connectivity index is 1.35. The van der Waals surface area contributed by atoms with E-state index in [1.165, 1.54) is 44.9 Å². The van der Waals surface area contributed by atoms with Gasteiger partial charge in [0.1, 0.15) is 0 Å². The van der Waals surface area contributed by atoms with E-state index in [9.17, 15) is 9.59 Å². The number of rotatable bonds is 4. The van der Waals surface area contributed by atoms with Crippen LogP contribution in [0.15, 0.2) is 71.4 Å². The molecule has 29 heavy (non-hydrogen) atoms. The summed E-state index contributed by atoms with van der Waals surface area (Å²) in [6.45, 7) is 0. The number of benzene rings is 2. The first-order chi connectivity index (χ1) is 14.2. The van der Waals surface area contributed by atoms with E-state index >= 15 is 0 Å². The minimum absolute atomic E-state index is 0.0889. The zero-order chi connectivity index (χ0) is 19.8. The maximum Gasteiger partial charge on any atom is 0.265 e. The van der Waals surface area contributed by atoms with Crippen molar-refractivity contribution >= 4 is 45.9 Å². The average molecular weight is 417 g/mol. The summed E-state index contributed by atoms with van der Waals surface area (Å²) in [5, 5.41) is 9.72. The van der Waals surface area contributed by atoms with E-state index in [4.69, 9.17) is 0 Å². The summed E-state index contributed by atoms with van der Waals surface area (Å²) in [7, 11) is 0. The summed E-state index contributed by atoms with van der Waals surface area (Å²) < 4.78 is 0. The van der Waals surface area contributed by atoms with Crippen molar-refractivity contribution in [2.75, 3.05) is 10.6 Å². The van der Waals surface area contributed by atoms with Gasteiger partial charge in [-0.3, -0.25) is 9.59 Å². The number of carbonyl (C=O) groups is 2. The van der Waals surface area contributed by atoms with E-state index in [1.54, 1.807) is 0 Å². The number of fused-ring (bicyclic) bond motifs is 3. The van der Waals surface area contributed by atoms with E-state index in [-0.39, 0.29) is 11.8 Å². The Morgan fingerprint density at radius 3 is 1.59 bits per heavy atom. The molecule has 6 heteroatoms. The average Bonchev–Trinajstić information content (AvgIpc) is 3.47. The van der Waals surface area contributed by atoms with Gasteiger partial charge in [0.15, 0.2) is 0 Å². The lowest BCUT2D eigenvalue weighted by atomic mass is 10.0. The highest BCUT2D eigenvalue weighted by molar-refractivity contribution is 7.12. The van der Waals surface area contributed by atoms with Crippen molar-refractivity contribution in [3.05, 3.63) is 92.3 Å². The van der Waals surface area contributed by atoms with Gasteiger partial charge in [0.05, 0.1) is 9.75 Å². The Bertz CT molecular complexity index is 1120. The first-order valence-electron chi connectivity index (χ1n) is 9.13. The second-order valence-corrected chi connectivity index (χ2v) is 8.68. The molecule has 5 rings (SSSR count). The van der Waals surface area contributed by atoms with Crippen LogP contribution in [0.25, 0.3) is 11.1 Å². The van der Waals surface area contributed by atoms with Gasteiger partial charge in [-0.1, -0.05) is 24.3 Å². The van der Waals surface area contributed by atoms with Crippen LogP contribution < -0.4 is 10.6 Å². The van der Waals surface area contributed by atoms with Crippen LogP contribution in [0.4, 0.5) is 11.4 Å². The number of anilines is 2. The molecule has 1 aliphatic carbocycles. The molecule has 0 atom stereocenters. The standard InChI is InChI=1S/C23H16N2O2S2/c26-22(20-3-1-9-28-20)24-16-5-7-18-14(12-16)11-15-13-17(6-8-19(15)18)25-23(27)21-4-2-10-29-21/h1-10,12-13H,11H2,(H,24,26)(H,25,27). The van der Waals surface area contributed by atoms with Crippen molar-refractivity contribution in [1.29, 1.82) is 0 Å². The van der Waals surface area contributed by atoms with E-state index in [1.807, 2.05) is 59.3 Å². The Morgan fingerprint density at radius 1 is 0.690 bits per heavy atom. The molecule has 0 saturated carbocycles. The Morgan fingerprint density at radius 2 is 1.17 bits per heavy atom. The number of carbonyl (C=O) groups excluding carboxylic acids is 2. The first kappa shape index (κ1) is 17.8. The van der Waals surface area contributed by atoms with Gasteiger partial charge < -0.3 is 10.6 Å². The lowest BCUT2D eigenvalue weighted by molar-refractivity contribution is 0.102. The van der Waals surface area contributed by atoms with Crippen LogP contribution in [-0.2, 0) is 6.42 Å². The monoisotopic (exact) mass is 416 g/mol. The van der Waals surface area contributed by atoms with Gasteiger partial charge >= 0.3 is 0 Å². The van der Waals surface area contributed by atoms with Crippen molar-refractivity contribution in [2.45, 2.75) is 6.42 Å². The molecule has 0 aliphatic heterocycles. The topological polar surface area (TPSA) is 58.2 Å². The third-order valence-electron chi connectivity index (χ3n) is 4.89. The van der Waals surface area contributed by atoms with Crippen molar-refractivity contribution in [2.24, 2.45) is 0 Å². The molecule has 0 saturated heterocycles. The number of amides is 2. The molecule has 0 spiro atoms. The summed E-state index contributed by atoms with van der Waals surface area (Å²) in [6.07, 6.45) is 0.774. The number of nitrogens with one attached hydrogen (secondary N) is 2. The molecule has 4 nitrogen and oxygen atoms in total. The van der Waals surface area contributed by atoms with Gasteiger partial charge in [-0.15, -0.1) is 22.7 Å². The smallest absolute Gasteiger partial charge is 0.265 e. The highest BCUT2D eigenvalue weighted by atomic mass is 32.1. The molecule has 0 unspecified atom stereocenters. The summed E-state index contributed by atoms with van der Waals surface area (Å²) in [5.74, 6) is -0.178. The van der Waals surface area contributed by atoms with Crippen LogP contribution >= 0.6 is 22.7 Å². The molecule has 2 N–H and O–H groups in total. The van der Waals surface area contributed by atoms with Crippen molar-refractivity contribution < 1.29 is 9.59 Å². The predicted molar refractivity (Wildman–Crippen MR) is 119 cm³/mol. The van der Waals surface area contributed by atoms with Crippen LogP contribution in [0, 0.1) is 0 Å². The molecular formula is C23H16N2O2S2. The quantitative estimate of drug-likeness (QED) is 0.384. The second kappa shape index (κ2) is 7.31. The molecule has 142 valence electrons. The highest BCUT2D eigenvalue weighted by Gasteiger charge is 2.20. The van der Waals surface area contributed by atoms with Gasteiger partial charge in [0.25, 0.3) is 11.8 Å². The van der Waals surface area contributed by atoms with Crippen LogP contribution in [0.3, 0.4) is 0 Å². The molecule has 4 aromatic rings. The number of thiophene rings is 2. The molecule has 0 radical (unpaired) electrons. The van der Waals surface area contributed by atoms with Crippen LogP contribution in [-0.4, -0.2) is 11.8 Å². The van der Waals surface area contributed by atoms with E-state index < -0.39 is 0 Å². The van der Waals surface area contributed by atoms with Crippen LogP contribution in [0.5, 0.6) is 0 Å². The Labute approximate surface area is 175 Å². The van der Waals surface area contributed by atoms with Gasteiger partial charge in [-0.2, -0.15) is 0 Å². The van der Waals surface area contributed by atoms with Crippen LogP contribution in [0.2, 0.25) is 0 Å². The normalized spacial score (nSPS) is 11.6. The molecule has 0 fully saturated rings. The molecule has 2 amide bonds. The summed E-state index contributed by atoms with van der Waals surface area (Å²) in [4.78, 5) is 26.0. The van der Waals surface area contributed by atoms with Crippen LogP contribution in [0.1, 0.15) is 30.5 Å². The molecule has 2 aromatic carbocycles. The Hall–Kier alpha value is -3.22. The lowest BCUT2D eigenvalue weighted by Crippen LogP contribution is -2.10. The molecule has 2 aromatic heterocycles. The fraction of sp³-hybridized carbons (Fsp3) is 0.0435. The molecule has 1 aliphatic rings. The van der Waals surface area contributed by atoms with E-state index in [0.29, 0.717) is 9.75 Å². The van der Waals surface area contributed by atoms with Crippen molar-refractivity contribution in [1.82, 2.24) is 0 Å².